The van der Waals surface area contributed by atoms with Gasteiger partial charge in [0, 0.05) is 32.6 Å². The first-order valence-corrected chi connectivity index (χ1v) is 9.85. The molecule has 1 heterocycles. The lowest BCUT2D eigenvalue weighted by Crippen LogP contribution is -2.20. The van der Waals surface area contributed by atoms with E-state index in [1.807, 2.05) is 12.1 Å². The summed E-state index contributed by atoms with van der Waals surface area (Å²) in [6, 6.07) is 19.2. The van der Waals surface area contributed by atoms with Crippen LogP contribution in [-0.2, 0) is 9.59 Å². The fourth-order valence-corrected chi connectivity index (χ4v) is 3.31. The summed E-state index contributed by atoms with van der Waals surface area (Å²) in [6.45, 7) is -0.128. The molecule has 0 aliphatic carbocycles. The lowest BCUT2D eigenvalue weighted by Gasteiger charge is -2.08. The van der Waals surface area contributed by atoms with Crippen LogP contribution in [0.15, 0.2) is 66.7 Å². The van der Waals surface area contributed by atoms with Crippen molar-refractivity contribution in [2.45, 2.75) is 0 Å². The molecule has 1 aliphatic rings. The topological polar surface area (TPSA) is 67.4 Å². The Bertz CT molecular complexity index is 1140. The van der Waals surface area contributed by atoms with Gasteiger partial charge in [-0.3, -0.25) is 9.59 Å². The third-order valence-corrected chi connectivity index (χ3v) is 4.94. The predicted molar refractivity (Wildman–Crippen MR) is 120 cm³/mol. The van der Waals surface area contributed by atoms with Crippen LogP contribution in [-0.4, -0.2) is 18.4 Å². The molecule has 3 aromatic carbocycles. The maximum absolute atomic E-state index is 12.3. The molecular weight excluding hydrogens is 423 g/mol. The fraction of sp³-hybridized carbons (Fsp3) is 0.0435. The molecule has 4 rings (SSSR count). The minimum absolute atomic E-state index is 0.128. The van der Waals surface area contributed by atoms with Crippen LogP contribution in [0.25, 0.3) is 11.6 Å². The molecule has 0 fully saturated rings. The lowest BCUT2D eigenvalue weighted by molar-refractivity contribution is -0.118. The third kappa shape index (κ3) is 4.64. The molecule has 0 saturated heterocycles. The summed E-state index contributed by atoms with van der Waals surface area (Å²) in [7, 11) is 0. The summed E-state index contributed by atoms with van der Waals surface area (Å²) in [5.41, 5.74) is 3.52. The minimum atomic E-state index is -0.278. The second-order valence-electron chi connectivity index (χ2n) is 6.61. The molecular formula is C23H16Cl2N2O3. The molecule has 0 atom stereocenters. The average Bonchev–Trinajstić information content (AvgIpc) is 3.04. The van der Waals surface area contributed by atoms with Gasteiger partial charge in [-0.15, -0.1) is 0 Å². The Kier molecular flexibility index (Phi) is 5.74. The first kappa shape index (κ1) is 20.0. The van der Waals surface area contributed by atoms with Crippen molar-refractivity contribution in [2.75, 3.05) is 17.2 Å². The van der Waals surface area contributed by atoms with E-state index in [1.54, 1.807) is 60.7 Å². The number of fused-ring (bicyclic) bond motifs is 1. The molecule has 2 N–H and O–H groups in total. The number of anilines is 2. The number of nitrogens with one attached hydrogen (secondary N) is 2. The van der Waals surface area contributed by atoms with E-state index in [0.717, 1.165) is 16.8 Å². The van der Waals surface area contributed by atoms with Crippen LogP contribution < -0.4 is 15.4 Å². The van der Waals surface area contributed by atoms with Crippen LogP contribution in [0.5, 0.6) is 5.75 Å². The zero-order valence-corrected chi connectivity index (χ0v) is 17.1. The molecule has 2 amide bonds. The van der Waals surface area contributed by atoms with E-state index in [1.165, 1.54) is 0 Å². The zero-order valence-electron chi connectivity index (χ0n) is 15.6. The van der Waals surface area contributed by atoms with E-state index in [9.17, 15) is 9.59 Å². The Hall–Kier alpha value is -3.28. The molecule has 1 aliphatic heterocycles. The minimum Gasteiger partial charge on any atom is -0.484 e. The van der Waals surface area contributed by atoms with Gasteiger partial charge in [-0.1, -0.05) is 35.3 Å². The van der Waals surface area contributed by atoms with E-state index in [4.69, 9.17) is 27.9 Å². The number of hydrogen-bond acceptors (Lipinski definition) is 3. The van der Waals surface area contributed by atoms with E-state index < -0.39 is 0 Å². The van der Waals surface area contributed by atoms with Crippen molar-refractivity contribution < 1.29 is 14.3 Å². The number of rotatable bonds is 5. The Morgan fingerprint density at radius 1 is 0.967 bits per heavy atom. The van der Waals surface area contributed by atoms with Gasteiger partial charge < -0.3 is 15.4 Å². The van der Waals surface area contributed by atoms with Crippen molar-refractivity contribution in [3.63, 3.8) is 0 Å². The number of benzene rings is 3. The van der Waals surface area contributed by atoms with E-state index in [-0.39, 0.29) is 18.4 Å². The molecule has 0 saturated carbocycles. The Morgan fingerprint density at radius 2 is 1.67 bits per heavy atom. The summed E-state index contributed by atoms with van der Waals surface area (Å²) in [5.74, 6) is 0.0915. The molecule has 0 spiro atoms. The molecule has 30 heavy (non-hydrogen) atoms. The van der Waals surface area contributed by atoms with Gasteiger partial charge >= 0.3 is 0 Å². The first-order valence-electron chi connectivity index (χ1n) is 9.09. The number of amides is 2. The summed E-state index contributed by atoms with van der Waals surface area (Å²) in [5, 5.41) is 6.71. The second-order valence-corrected chi connectivity index (χ2v) is 7.49. The Morgan fingerprint density at radius 3 is 2.40 bits per heavy atom. The monoisotopic (exact) mass is 438 g/mol. The van der Waals surface area contributed by atoms with Crippen LogP contribution in [0.2, 0.25) is 10.0 Å². The SMILES string of the molecule is O=C(COc1ccc(/C=C2\C(=O)Nc3ccc(Cl)cc32)cc1)Nc1ccc(Cl)cc1. The van der Waals surface area contributed by atoms with Gasteiger partial charge in [0.1, 0.15) is 5.75 Å². The lowest BCUT2D eigenvalue weighted by atomic mass is 10.0. The maximum Gasteiger partial charge on any atom is 0.262 e. The van der Waals surface area contributed by atoms with Gasteiger partial charge in [-0.25, -0.2) is 0 Å². The van der Waals surface area contributed by atoms with Crippen molar-refractivity contribution in [1.29, 1.82) is 0 Å². The smallest absolute Gasteiger partial charge is 0.262 e. The second kappa shape index (κ2) is 8.61. The van der Waals surface area contributed by atoms with Crippen molar-refractivity contribution >= 4 is 58.0 Å². The molecule has 0 unspecified atom stereocenters. The van der Waals surface area contributed by atoms with Gasteiger partial charge in [0.2, 0.25) is 0 Å². The number of carbonyl (C=O) groups excluding carboxylic acids is 2. The first-order chi connectivity index (χ1) is 14.5. The number of halogens is 2. The zero-order chi connectivity index (χ0) is 21.1. The van der Waals surface area contributed by atoms with Crippen LogP contribution in [0.4, 0.5) is 11.4 Å². The van der Waals surface area contributed by atoms with Crippen LogP contribution in [0, 0.1) is 0 Å². The normalized spacial score (nSPS) is 13.7. The van der Waals surface area contributed by atoms with Crippen LogP contribution in [0.1, 0.15) is 11.1 Å². The molecule has 7 heteroatoms. The average molecular weight is 439 g/mol. The summed E-state index contributed by atoms with van der Waals surface area (Å²) in [6.07, 6.45) is 1.79. The van der Waals surface area contributed by atoms with Crippen LogP contribution >= 0.6 is 23.2 Å². The van der Waals surface area contributed by atoms with Crippen molar-refractivity contribution in [2.24, 2.45) is 0 Å². The summed E-state index contributed by atoms with van der Waals surface area (Å²) >= 11 is 11.9. The maximum atomic E-state index is 12.3. The number of hydrogen-bond donors (Lipinski definition) is 2. The van der Waals surface area contributed by atoms with Crippen molar-refractivity contribution in [3.8, 4) is 5.75 Å². The van der Waals surface area contributed by atoms with Crippen LogP contribution in [0.3, 0.4) is 0 Å². The predicted octanol–water partition coefficient (Wildman–Crippen LogP) is 5.50. The highest BCUT2D eigenvalue weighted by molar-refractivity contribution is 6.36. The highest BCUT2D eigenvalue weighted by Gasteiger charge is 2.24. The molecule has 0 radical (unpaired) electrons. The number of ether oxygens (including phenoxy) is 1. The van der Waals surface area contributed by atoms with E-state index in [2.05, 4.69) is 10.6 Å². The molecule has 0 bridgehead atoms. The Labute approximate surface area is 183 Å². The highest BCUT2D eigenvalue weighted by Crippen LogP contribution is 2.35. The van der Waals surface area contributed by atoms with Gasteiger partial charge in [-0.05, 0) is 66.2 Å². The third-order valence-electron chi connectivity index (χ3n) is 4.45. The molecule has 150 valence electrons. The number of carbonyl (C=O) groups is 2. The highest BCUT2D eigenvalue weighted by atomic mass is 35.5. The molecule has 5 nitrogen and oxygen atoms in total. The summed E-state index contributed by atoms with van der Waals surface area (Å²) < 4.78 is 5.53. The van der Waals surface area contributed by atoms with Gasteiger partial charge in [0.15, 0.2) is 6.61 Å². The Balaban J connectivity index is 1.39. The quantitative estimate of drug-likeness (QED) is 0.516. The van der Waals surface area contributed by atoms with E-state index >= 15 is 0 Å². The fourth-order valence-electron chi connectivity index (χ4n) is 3.01. The molecule has 0 aromatic heterocycles. The molecule has 3 aromatic rings. The van der Waals surface area contributed by atoms with Gasteiger partial charge in [0.25, 0.3) is 11.8 Å². The van der Waals surface area contributed by atoms with Crippen molar-refractivity contribution in [3.05, 3.63) is 87.9 Å². The summed E-state index contributed by atoms with van der Waals surface area (Å²) in [4.78, 5) is 24.3. The van der Waals surface area contributed by atoms with Crippen molar-refractivity contribution in [1.82, 2.24) is 0 Å². The standard InChI is InChI=1S/C23H16Cl2N2O3/c24-15-3-6-17(7-4-15)26-22(28)13-30-18-8-1-14(2-9-18)11-20-19-12-16(25)5-10-21(19)27-23(20)29/h1-12H,13H2,(H,26,28)(H,27,29)/b20-11-. The van der Waals surface area contributed by atoms with Gasteiger partial charge in [-0.2, -0.15) is 0 Å². The van der Waals surface area contributed by atoms with Gasteiger partial charge in [0.05, 0.1) is 0 Å². The van der Waals surface area contributed by atoms with E-state index in [0.29, 0.717) is 27.1 Å². The largest absolute Gasteiger partial charge is 0.484 e.